The van der Waals surface area contributed by atoms with Gasteiger partial charge in [0.2, 0.25) is 0 Å². The van der Waals surface area contributed by atoms with Crippen molar-refractivity contribution in [3.63, 3.8) is 0 Å². The monoisotopic (exact) mass is 441 g/mol. The molecule has 5 heterocycles. The highest BCUT2D eigenvalue weighted by molar-refractivity contribution is 5.98. The molecule has 6 heteroatoms. The molecule has 0 spiro atoms. The Morgan fingerprint density at radius 2 is 1.85 bits per heavy atom. The SMILES string of the molecule is CC1=Nc2ncc(C3=CCc4ncc(C(=O)N5C6CCC5CN(C)C6)cc43)cc2C1C(C)C. The standard InChI is InChI=1S/C27H31N5O/c1-15(2)25-16(3)30-26-23(25)9-17(11-29-26)21-7-8-24-22(21)10-18(12-28-24)27(33)32-19-5-6-20(32)14-31(4)13-19/h7,9-12,15,19-20,25H,5-6,8,13-14H2,1-4H3. The van der Waals surface area contributed by atoms with E-state index in [1.807, 2.05) is 6.20 Å². The first-order chi connectivity index (χ1) is 15.9. The number of carbonyl (C=O) groups excluding carboxylic acids is 1. The van der Waals surface area contributed by atoms with Gasteiger partial charge in [-0.3, -0.25) is 9.78 Å². The number of allylic oxidation sites excluding steroid dienone is 1. The number of likely N-dealkylation sites (tertiary alicyclic amines) is 1. The first-order valence-corrected chi connectivity index (χ1v) is 12.2. The minimum atomic E-state index is 0.133. The van der Waals surface area contributed by atoms with E-state index in [1.54, 1.807) is 6.20 Å². The van der Waals surface area contributed by atoms with Gasteiger partial charge < -0.3 is 9.80 Å². The summed E-state index contributed by atoms with van der Waals surface area (Å²) >= 11 is 0. The molecule has 0 N–H and O–H groups in total. The van der Waals surface area contributed by atoms with Crippen LogP contribution in [-0.2, 0) is 6.42 Å². The molecule has 1 amide bonds. The number of hydrogen-bond acceptors (Lipinski definition) is 5. The summed E-state index contributed by atoms with van der Waals surface area (Å²) in [4.78, 5) is 32.1. The summed E-state index contributed by atoms with van der Waals surface area (Å²) in [5.74, 6) is 1.77. The maximum absolute atomic E-state index is 13.5. The number of carbonyl (C=O) groups is 1. The van der Waals surface area contributed by atoms with Gasteiger partial charge in [0, 0.05) is 72.3 Å². The minimum Gasteiger partial charge on any atom is -0.330 e. The molecule has 2 aromatic rings. The van der Waals surface area contributed by atoms with Crippen LogP contribution in [0.5, 0.6) is 0 Å². The van der Waals surface area contributed by atoms with Crippen LogP contribution < -0.4 is 0 Å². The molecular formula is C27H31N5O. The maximum Gasteiger partial charge on any atom is 0.256 e. The molecular weight excluding hydrogens is 410 g/mol. The Labute approximate surface area is 195 Å². The van der Waals surface area contributed by atoms with E-state index in [9.17, 15) is 4.79 Å². The van der Waals surface area contributed by atoms with Crippen molar-refractivity contribution in [2.45, 2.75) is 58.0 Å². The average molecular weight is 442 g/mol. The highest BCUT2D eigenvalue weighted by Gasteiger charge is 2.42. The van der Waals surface area contributed by atoms with Crippen molar-refractivity contribution in [2.24, 2.45) is 10.9 Å². The van der Waals surface area contributed by atoms with Crippen molar-refractivity contribution in [3.05, 3.63) is 58.6 Å². The molecule has 3 unspecified atom stereocenters. The lowest BCUT2D eigenvalue weighted by Gasteiger charge is -2.39. The Morgan fingerprint density at radius 3 is 2.58 bits per heavy atom. The van der Waals surface area contributed by atoms with Crippen molar-refractivity contribution in [3.8, 4) is 0 Å². The number of nitrogens with zero attached hydrogens (tertiary/aromatic N) is 5. The van der Waals surface area contributed by atoms with Crippen LogP contribution in [0.15, 0.2) is 35.6 Å². The molecule has 33 heavy (non-hydrogen) atoms. The zero-order valence-corrected chi connectivity index (χ0v) is 19.9. The fourth-order valence-electron chi connectivity index (χ4n) is 6.43. The molecule has 6 rings (SSSR count). The molecule has 2 bridgehead atoms. The van der Waals surface area contributed by atoms with Crippen LogP contribution in [0.3, 0.4) is 0 Å². The number of aliphatic imine (C=N–C) groups is 1. The Bertz CT molecular complexity index is 1200. The number of aromatic nitrogens is 2. The summed E-state index contributed by atoms with van der Waals surface area (Å²) < 4.78 is 0. The Morgan fingerprint density at radius 1 is 1.09 bits per heavy atom. The van der Waals surface area contributed by atoms with Gasteiger partial charge in [-0.15, -0.1) is 0 Å². The van der Waals surface area contributed by atoms with Gasteiger partial charge >= 0.3 is 0 Å². The van der Waals surface area contributed by atoms with Crippen LogP contribution in [0.4, 0.5) is 5.82 Å². The summed E-state index contributed by atoms with van der Waals surface area (Å²) in [6.07, 6.45) is 8.92. The second-order valence-electron chi connectivity index (χ2n) is 10.5. The summed E-state index contributed by atoms with van der Waals surface area (Å²) in [6, 6.07) is 4.96. The third-order valence-corrected chi connectivity index (χ3v) is 7.85. The Balaban J connectivity index is 1.32. The van der Waals surface area contributed by atoms with E-state index < -0.39 is 0 Å². The van der Waals surface area contributed by atoms with E-state index in [0.717, 1.165) is 66.3 Å². The van der Waals surface area contributed by atoms with Crippen molar-refractivity contribution < 1.29 is 4.79 Å². The first kappa shape index (κ1) is 20.7. The zero-order valence-electron chi connectivity index (χ0n) is 19.9. The highest BCUT2D eigenvalue weighted by atomic mass is 16.2. The second-order valence-corrected chi connectivity index (χ2v) is 10.5. The summed E-state index contributed by atoms with van der Waals surface area (Å²) in [6.45, 7) is 8.51. The van der Waals surface area contributed by atoms with Gasteiger partial charge in [-0.1, -0.05) is 19.9 Å². The molecule has 2 fully saturated rings. The van der Waals surface area contributed by atoms with Gasteiger partial charge in [-0.2, -0.15) is 0 Å². The molecule has 3 atom stereocenters. The van der Waals surface area contributed by atoms with Crippen LogP contribution in [0, 0.1) is 5.92 Å². The number of rotatable bonds is 3. The third-order valence-electron chi connectivity index (χ3n) is 7.85. The molecule has 1 aliphatic carbocycles. The lowest BCUT2D eigenvalue weighted by Crippen LogP contribution is -2.54. The minimum absolute atomic E-state index is 0.133. The molecule has 2 aromatic heterocycles. The predicted molar refractivity (Wildman–Crippen MR) is 130 cm³/mol. The summed E-state index contributed by atoms with van der Waals surface area (Å²) in [5.41, 5.74) is 7.39. The molecule has 2 saturated heterocycles. The summed E-state index contributed by atoms with van der Waals surface area (Å²) in [7, 11) is 2.15. The first-order valence-electron chi connectivity index (χ1n) is 12.2. The van der Waals surface area contributed by atoms with E-state index in [1.165, 1.54) is 5.56 Å². The number of likely N-dealkylation sites (N-methyl/N-ethyl adjacent to an activating group) is 1. The van der Waals surface area contributed by atoms with Crippen molar-refractivity contribution in [1.82, 2.24) is 19.8 Å². The van der Waals surface area contributed by atoms with Crippen LogP contribution in [0.25, 0.3) is 5.57 Å². The van der Waals surface area contributed by atoms with E-state index >= 15 is 0 Å². The smallest absolute Gasteiger partial charge is 0.256 e. The fraction of sp³-hybridized carbons (Fsp3) is 0.481. The third kappa shape index (κ3) is 3.26. The van der Waals surface area contributed by atoms with Crippen molar-refractivity contribution >= 4 is 23.0 Å². The van der Waals surface area contributed by atoms with Crippen LogP contribution >= 0.6 is 0 Å². The van der Waals surface area contributed by atoms with Gasteiger partial charge in [0.15, 0.2) is 5.82 Å². The largest absolute Gasteiger partial charge is 0.330 e. The highest BCUT2D eigenvalue weighted by Crippen LogP contribution is 2.41. The molecule has 6 nitrogen and oxygen atoms in total. The van der Waals surface area contributed by atoms with Gasteiger partial charge in [0.25, 0.3) is 5.91 Å². The predicted octanol–water partition coefficient (Wildman–Crippen LogP) is 4.23. The van der Waals surface area contributed by atoms with Gasteiger partial charge in [-0.25, -0.2) is 9.98 Å². The van der Waals surface area contributed by atoms with Crippen molar-refractivity contribution in [1.29, 1.82) is 0 Å². The van der Waals surface area contributed by atoms with Crippen LogP contribution in [0.1, 0.15) is 72.3 Å². The topological polar surface area (TPSA) is 61.7 Å². The molecule has 0 radical (unpaired) electrons. The number of amides is 1. The normalized spacial score (nSPS) is 25.8. The van der Waals surface area contributed by atoms with Gasteiger partial charge in [0.1, 0.15) is 0 Å². The summed E-state index contributed by atoms with van der Waals surface area (Å²) in [5, 5.41) is 0. The van der Waals surface area contributed by atoms with E-state index in [-0.39, 0.29) is 5.91 Å². The number of hydrogen-bond donors (Lipinski definition) is 0. The average Bonchev–Trinajstić information content (AvgIpc) is 3.43. The van der Waals surface area contributed by atoms with Crippen LogP contribution in [0.2, 0.25) is 0 Å². The van der Waals surface area contributed by atoms with Crippen LogP contribution in [-0.4, -0.2) is 63.6 Å². The zero-order chi connectivity index (χ0) is 22.9. The molecule has 170 valence electrons. The molecule has 0 aromatic carbocycles. The Hall–Kier alpha value is -2.86. The van der Waals surface area contributed by atoms with Gasteiger partial charge in [-0.05, 0) is 50.4 Å². The number of piperazine rings is 1. The van der Waals surface area contributed by atoms with Gasteiger partial charge in [0.05, 0.1) is 11.3 Å². The molecule has 4 aliphatic rings. The molecule has 3 aliphatic heterocycles. The quantitative estimate of drug-likeness (QED) is 0.715. The van der Waals surface area contributed by atoms with E-state index in [0.29, 0.717) is 29.5 Å². The maximum atomic E-state index is 13.5. The van der Waals surface area contributed by atoms with E-state index in [4.69, 9.17) is 15.0 Å². The fourth-order valence-corrected chi connectivity index (χ4v) is 6.43. The number of fused-ring (bicyclic) bond motifs is 4. The Kier molecular flexibility index (Phi) is 4.77. The van der Waals surface area contributed by atoms with Crippen molar-refractivity contribution in [2.75, 3.05) is 20.1 Å². The number of pyridine rings is 2. The molecule has 0 saturated carbocycles. The lowest BCUT2D eigenvalue weighted by atomic mass is 9.86. The van der Waals surface area contributed by atoms with E-state index in [2.05, 4.69) is 55.8 Å². The lowest BCUT2D eigenvalue weighted by molar-refractivity contribution is 0.0472. The second kappa shape index (κ2) is 7.59.